The van der Waals surface area contributed by atoms with Crippen LogP contribution in [0.15, 0.2) is 30.3 Å². The lowest BCUT2D eigenvalue weighted by Gasteiger charge is -2.13. The molecule has 1 amide bonds. The van der Waals surface area contributed by atoms with E-state index in [2.05, 4.69) is 5.32 Å². The number of hydrogen-bond acceptors (Lipinski definition) is 3. The summed E-state index contributed by atoms with van der Waals surface area (Å²) in [6, 6.07) is 8.40. The lowest BCUT2D eigenvalue weighted by Crippen LogP contribution is -2.42. The van der Waals surface area contributed by atoms with E-state index in [1.54, 1.807) is 0 Å². The molecule has 1 rings (SSSR count). The zero-order chi connectivity index (χ0) is 12.7. The summed E-state index contributed by atoms with van der Waals surface area (Å²) < 4.78 is 5.25. The van der Waals surface area contributed by atoms with Gasteiger partial charge in [0.15, 0.2) is 6.04 Å². The van der Waals surface area contributed by atoms with Crippen molar-refractivity contribution in [1.29, 1.82) is 0 Å². The SMILES string of the molecule is CC(=O)N[C@@H](COCc1ccccc1)C(=O)O. The van der Waals surface area contributed by atoms with Gasteiger partial charge in [0.2, 0.25) is 5.91 Å². The molecular formula is C12H15NO4. The number of carboxylic acid groups (broad SMARTS) is 1. The molecule has 5 nitrogen and oxygen atoms in total. The van der Waals surface area contributed by atoms with Gasteiger partial charge in [0.25, 0.3) is 0 Å². The van der Waals surface area contributed by atoms with Gasteiger partial charge < -0.3 is 15.2 Å². The number of benzene rings is 1. The van der Waals surface area contributed by atoms with Gasteiger partial charge in [0.05, 0.1) is 13.2 Å². The van der Waals surface area contributed by atoms with E-state index in [0.717, 1.165) is 5.56 Å². The van der Waals surface area contributed by atoms with E-state index in [-0.39, 0.29) is 12.5 Å². The highest BCUT2D eigenvalue weighted by atomic mass is 16.5. The average molecular weight is 237 g/mol. The molecule has 0 saturated heterocycles. The summed E-state index contributed by atoms with van der Waals surface area (Å²) in [4.78, 5) is 21.5. The molecule has 1 aromatic carbocycles. The number of amides is 1. The van der Waals surface area contributed by atoms with Crippen LogP contribution in [0, 0.1) is 0 Å². The van der Waals surface area contributed by atoms with Crippen molar-refractivity contribution in [3.63, 3.8) is 0 Å². The minimum Gasteiger partial charge on any atom is -0.480 e. The van der Waals surface area contributed by atoms with Gasteiger partial charge in [0.1, 0.15) is 0 Å². The van der Waals surface area contributed by atoms with Crippen LogP contribution in [0.25, 0.3) is 0 Å². The molecule has 2 N–H and O–H groups in total. The molecule has 1 aromatic rings. The molecule has 17 heavy (non-hydrogen) atoms. The zero-order valence-corrected chi connectivity index (χ0v) is 9.55. The summed E-state index contributed by atoms with van der Waals surface area (Å²) >= 11 is 0. The van der Waals surface area contributed by atoms with Crippen LogP contribution in [0.5, 0.6) is 0 Å². The largest absolute Gasteiger partial charge is 0.480 e. The molecule has 0 aliphatic carbocycles. The van der Waals surface area contributed by atoms with Crippen LogP contribution in [0.3, 0.4) is 0 Å². The Balaban J connectivity index is 2.37. The number of carbonyl (C=O) groups is 2. The summed E-state index contributed by atoms with van der Waals surface area (Å²) in [5.74, 6) is -1.49. The van der Waals surface area contributed by atoms with Crippen LogP contribution in [0.1, 0.15) is 12.5 Å². The van der Waals surface area contributed by atoms with Crippen LogP contribution in [-0.4, -0.2) is 29.6 Å². The number of nitrogens with one attached hydrogen (secondary N) is 1. The maximum Gasteiger partial charge on any atom is 0.328 e. The van der Waals surface area contributed by atoms with Crippen molar-refractivity contribution in [1.82, 2.24) is 5.32 Å². The molecule has 0 aliphatic rings. The molecular weight excluding hydrogens is 222 g/mol. The minimum absolute atomic E-state index is 0.0518. The van der Waals surface area contributed by atoms with Crippen LogP contribution in [0.2, 0.25) is 0 Å². The Morgan fingerprint density at radius 3 is 2.53 bits per heavy atom. The molecule has 0 fully saturated rings. The topological polar surface area (TPSA) is 75.6 Å². The Morgan fingerprint density at radius 1 is 1.35 bits per heavy atom. The van der Waals surface area contributed by atoms with E-state index in [0.29, 0.717) is 6.61 Å². The first kappa shape index (κ1) is 13.2. The van der Waals surface area contributed by atoms with Gasteiger partial charge in [-0.15, -0.1) is 0 Å². The van der Waals surface area contributed by atoms with Crippen LogP contribution in [-0.2, 0) is 20.9 Å². The van der Waals surface area contributed by atoms with Gasteiger partial charge in [-0.3, -0.25) is 4.79 Å². The summed E-state index contributed by atoms with van der Waals surface area (Å²) in [5, 5.41) is 11.1. The minimum atomic E-state index is -1.10. The van der Waals surface area contributed by atoms with Crippen molar-refractivity contribution in [3.05, 3.63) is 35.9 Å². The number of carboxylic acids is 1. The fraction of sp³-hybridized carbons (Fsp3) is 0.333. The smallest absolute Gasteiger partial charge is 0.328 e. The first-order valence-corrected chi connectivity index (χ1v) is 5.21. The van der Waals surface area contributed by atoms with Crippen molar-refractivity contribution in [3.8, 4) is 0 Å². The monoisotopic (exact) mass is 237 g/mol. The van der Waals surface area contributed by atoms with Crippen molar-refractivity contribution < 1.29 is 19.4 Å². The van der Waals surface area contributed by atoms with Gasteiger partial charge in [0, 0.05) is 6.92 Å². The third-order valence-electron chi connectivity index (χ3n) is 2.07. The molecule has 92 valence electrons. The molecule has 1 atom stereocenters. The molecule has 5 heteroatoms. The van der Waals surface area contributed by atoms with Crippen molar-refractivity contribution >= 4 is 11.9 Å². The first-order valence-electron chi connectivity index (χ1n) is 5.21. The third kappa shape index (κ3) is 5.12. The molecule has 0 unspecified atom stereocenters. The molecule has 0 saturated carbocycles. The highest BCUT2D eigenvalue weighted by molar-refractivity contribution is 5.82. The number of aliphatic carboxylic acids is 1. The maximum atomic E-state index is 10.8. The number of ether oxygens (including phenoxy) is 1. The summed E-state index contributed by atoms with van der Waals surface area (Å²) in [5.41, 5.74) is 0.958. The van der Waals surface area contributed by atoms with Crippen molar-refractivity contribution in [2.45, 2.75) is 19.6 Å². The summed E-state index contributed by atoms with van der Waals surface area (Å²) in [7, 11) is 0. The maximum absolute atomic E-state index is 10.8. The van der Waals surface area contributed by atoms with Gasteiger partial charge in [-0.2, -0.15) is 0 Å². The summed E-state index contributed by atoms with van der Waals surface area (Å²) in [6.07, 6.45) is 0. The standard InChI is InChI=1S/C12H15NO4/c1-9(14)13-11(12(15)16)8-17-7-10-5-3-2-4-6-10/h2-6,11H,7-8H2,1H3,(H,13,14)(H,15,16)/t11-/m0/s1. The summed E-state index contributed by atoms with van der Waals surface area (Å²) in [6.45, 7) is 1.54. The van der Waals surface area contributed by atoms with E-state index < -0.39 is 12.0 Å². The lowest BCUT2D eigenvalue weighted by molar-refractivity contribution is -0.143. The Morgan fingerprint density at radius 2 is 2.00 bits per heavy atom. The molecule has 0 bridgehead atoms. The van der Waals surface area contributed by atoms with Crippen LogP contribution in [0.4, 0.5) is 0 Å². The molecule has 0 radical (unpaired) electrons. The van der Waals surface area contributed by atoms with Crippen molar-refractivity contribution in [2.24, 2.45) is 0 Å². The van der Waals surface area contributed by atoms with Crippen molar-refractivity contribution in [2.75, 3.05) is 6.61 Å². The fourth-order valence-corrected chi connectivity index (χ4v) is 1.29. The predicted octanol–water partition coefficient (Wildman–Crippen LogP) is 0.792. The van der Waals surface area contributed by atoms with Gasteiger partial charge in [-0.1, -0.05) is 30.3 Å². The van der Waals surface area contributed by atoms with Crippen LogP contribution < -0.4 is 5.32 Å². The average Bonchev–Trinajstić information content (AvgIpc) is 2.28. The van der Waals surface area contributed by atoms with E-state index in [1.165, 1.54) is 6.92 Å². The zero-order valence-electron chi connectivity index (χ0n) is 9.55. The lowest BCUT2D eigenvalue weighted by atomic mass is 10.2. The quantitative estimate of drug-likeness (QED) is 0.767. The normalized spacial score (nSPS) is 11.8. The van der Waals surface area contributed by atoms with Crippen LogP contribution >= 0.6 is 0 Å². The molecule has 0 aliphatic heterocycles. The predicted molar refractivity (Wildman–Crippen MR) is 61.3 cm³/mol. The Kier molecular flexibility index (Phi) is 5.16. The second-order valence-electron chi connectivity index (χ2n) is 3.59. The van der Waals surface area contributed by atoms with Gasteiger partial charge in [-0.05, 0) is 5.56 Å². The van der Waals surface area contributed by atoms with E-state index >= 15 is 0 Å². The Labute approximate surface area is 99.4 Å². The third-order valence-corrected chi connectivity index (χ3v) is 2.07. The fourth-order valence-electron chi connectivity index (χ4n) is 1.29. The number of rotatable bonds is 6. The molecule has 0 heterocycles. The number of carbonyl (C=O) groups excluding carboxylic acids is 1. The van der Waals surface area contributed by atoms with E-state index in [9.17, 15) is 9.59 Å². The highest BCUT2D eigenvalue weighted by Gasteiger charge is 2.18. The second kappa shape index (κ2) is 6.65. The molecule has 0 aromatic heterocycles. The van der Waals surface area contributed by atoms with Gasteiger partial charge >= 0.3 is 5.97 Å². The highest BCUT2D eigenvalue weighted by Crippen LogP contribution is 2.01. The second-order valence-corrected chi connectivity index (χ2v) is 3.59. The van der Waals surface area contributed by atoms with E-state index in [4.69, 9.17) is 9.84 Å². The Hall–Kier alpha value is -1.88. The van der Waals surface area contributed by atoms with E-state index in [1.807, 2.05) is 30.3 Å². The van der Waals surface area contributed by atoms with Gasteiger partial charge in [-0.25, -0.2) is 4.79 Å². The Bertz CT molecular complexity index is 377. The molecule has 0 spiro atoms. The number of hydrogen-bond donors (Lipinski definition) is 2. The first-order chi connectivity index (χ1) is 8.09.